The molecule has 1 saturated heterocycles. The lowest BCUT2D eigenvalue weighted by atomic mass is 10.1. The molecule has 0 aliphatic carbocycles. The van der Waals surface area contributed by atoms with Gasteiger partial charge < -0.3 is 15.5 Å². The van der Waals surface area contributed by atoms with Crippen LogP contribution in [0.4, 0.5) is 5.69 Å². The average Bonchev–Trinajstić information content (AvgIpc) is 2.32. The molecule has 1 aromatic rings. The van der Waals surface area contributed by atoms with Crippen LogP contribution in [-0.4, -0.2) is 48.3 Å². The minimum absolute atomic E-state index is 0.0694. The zero-order valence-electron chi connectivity index (χ0n) is 10.0. The van der Waals surface area contributed by atoms with Crippen LogP contribution in [0.5, 0.6) is 0 Å². The van der Waals surface area contributed by atoms with E-state index in [2.05, 4.69) is 0 Å². The Morgan fingerprint density at radius 2 is 2.11 bits per heavy atom. The number of nitrogens with zero attached hydrogens (tertiary/aromatic N) is 2. The third-order valence-electron chi connectivity index (χ3n) is 3.00. The summed E-state index contributed by atoms with van der Waals surface area (Å²) in [4.78, 5) is 26.9. The summed E-state index contributed by atoms with van der Waals surface area (Å²) >= 11 is 5.99. The van der Waals surface area contributed by atoms with Crippen LogP contribution in [-0.2, 0) is 4.79 Å². The fourth-order valence-electron chi connectivity index (χ4n) is 1.86. The first-order valence-corrected chi connectivity index (χ1v) is 5.95. The number of amides is 2. The summed E-state index contributed by atoms with van der Waals surface area (Å²) in [5, 5.41) is 0.311. The second-order valence-corrected chi connectivity index (χ2v) is 4.65. The van der Waals surface area contributed by atoms with Crippen molar-refractivity contribution >= 4 is 29.1 Å². The Morgan fingerprint density at radius 1 is 1.39 bits per heavy atom. The predicted molar refractivity (Wildman–Crippen MR) is 69.4 cm³/mol. The number of rotatable bonds is 1. The summed E-state index contributed by atoms with van der Waals surface area (Å²) in [6, 6.07) is 4.92. The lowest BCUT2D eigenvalue weighted by Gasteiger charge is -2.32. The van der Waals surface area contributed by atoms with E-state index < -0.39 is 0 Å². The van der Waals surface area contributed by atoms with Gasteiger partial charge in [0.05, 0.1) is 10.6 Å². The first kappa shape index (κ1) is 12.7. The molecular weight excluding hydrogens is 254 g/mol. The number of carbonyl (C=O) groups excluding carboxylic acids is 2. The molecule has 0 unspecified atom stereocenters. The Kier molecular flexibility index (Phi) is 3.43. The molecule has 2 N–H and O–H groups in total. The Bertz CT molecular complexity index is 484. The van der Waals surface area contributed by atoms with Crippen LogP contribution in [0.3, 0.4) is 0 Å². The molecule has 0 radical (unpaired) electrons. The maximum Gasteiger partial charge on any atom is 0.257 e. The standard InChI is InChI=1S/C12H14ClN3O2/c1-15-5-6-16(7-10(15)17)12(18)11-8(13)3-2-4-9(11)14/h2-4H,5-7,14H2,1H3. The minimum Gasteiger partial charge on any atom is -0.398 e. The second-order valence-electron chi connectivity index (χ2n) is 4.25. The van der Waals surface area contributed by atoms with Crippen LogP contribution in [0.1, 0.15) is 10.4 Å². The van der Waals surface area contributed by atoms with Crippen molar-refractivity contribution in [3.8, 4) is 0 Å². The highest BCUT2D eigenvalue weighted by atomic mass is 35.5. The molecule has 5 nitrogen and oxygen atoms in total. The second kappa shape index (κ2) is 4.86. The molecule has 2 rings (SSSR count). The zero-order valence-corrected chi connectivity index (χ0v) is 10.8. The predicted octanol–water partition coefficient (Wildman–Crippen LogP) is 0.836. The monoisotopic (exact) mass is 267 g/mol. The summed E-state index contributed by atoms with van der Waals surface area (Å²) in [6.45, 7) is 1.08. The van der Waals surface area contributed by atoms with Crippen molar-refractivity contribution in [3.63, 3.8) is 0 Å². The molecule has 96 valence electrons. The smallest absolute Gasteiger partial charge is 0.257 e. The SMILES string of the molecule is CN1CCN(C(=O)c2c(N)cccc2Cl)CC1=O. The van der Waals surface area contributed by atoms with Gasteiger partial charge in [-0.3, -0.25) is 9.59 Å². The summed E-state index contributed by atoms with van der Waals surface area (Å²) in [6.07, 6.45) is 0. The first-order valence-electron chi connectivity index (χ1n) is 5.58. The molecule has 2 amide bonds. The average molecular weight is 268 g/mol. The van der Waals surface area contributed by atoms with Crippen LogP contribution >= 0.6 is 11.6 Å². The Labute approximate surface area is 110 Å². The first-order chi connectivity index (χ1) is 8.50. The van der Waals surface area contributed by atoms with Gasteiger partial charge in [-0.1, -0.05) is 17.7 Å². The molecular formula is C12H14ClN3O2. The van der Waals surface area contributed by atoms with Crippen molar-refractivity contribution in [1.29, 1.82) is 0 Å². The van der Waals surface area contributed by atoms with E-state index in [-0.39, 0.29) is 23.9 Å². The van der Waals surface area contributed by atoms with E-state index in [1.54, 1.807) is 30.1 Å². The molecule has 6 heteroatoms. The van der Waals surface area contributed by atoms with Gasteiger partial charge in [-0.15, -0.1) is 0 Å². The number of halogens is 1. The third-order valence-corrected chi connectivity index (χ3v) is 3.32. The molecule has 0 atom stereocenters. The van der Waals surface area contributed by atoms with E-state index in [1.165, 1.54) is 4.90 Å². The van der Waals surface area contributed by atoms with E-state index in [1.807, 2.05) is 0 Å². The number of carbonyl (C=O) groups is 2. The lowest BCUT2D eigenvalue weighted by molar-refractivity contribution is -0.133. The Morgan fingerprint density at radius 3 is 2.72 bits per heavy atom. The maximum absolute atomic E-state index is 12.3. The minimum atomic E-state index is -0.292. The number of anilines is 1. The van der Waals surface area contributed by atoms with Gasteiger partial charge in [0.15, 0.2) is 0 Å². The van der Waals surface area contributed by atoms with Gasteiger partial charge in [0.2, 0.25) is 5.91 Å². The van der Waals surface area contributed by atoms with E-state index in [0.717, 1.165) is 0 Å². The molecule has 0 saturated carbocycles. The number of nitrogen functional groups attached to an aromatic ring is 1. The lowest BCUT2D eigenvalue weighted by Crippen LogP contribution is -2.50. The highest BCUT2D eigenvalue weighted by Crippen LogP contribution is 2.24. The van der Waals surface area contributed by atoms with Crippen molar-refractivity contribution < 1.29 is 9.59 Å². The van der Waals surface area contributed by atoms with Gasteiger partial charge in [-0.05, 0) is 12.1 Å². The van der Waals surface area contributed by atoms with Crippen LogP contribution in [0.2, 0.25) is 5.02 Å². The van der Waals surface area contributed by atoms with Gasteiger partial charge in [-0.2, -0.15) is 0 Å². The van der Waals surface area contributed by atoms with Crippen LogP contribution in [0, 0.1) is 0 Å². The Balaban J connectivity index is 2.24. The number of piperazine rings is 1. The van der Waals surface area contributed by atoms with Crippen molar-refractivity contribution in [3.05, 3.63) is 28.8 Å². The van der Waals surface area contributed by atoms with Crippen LogP contribution in [0.15, 0.2) is 18.2 Å². The highest BCUT2D eigenvalue weighted by molar-refractivity contribution is 6.34. The number of hydrogen-bond acceptors (Lipinski definition) is 3. The topological polar surface area (TPSA) is 66.6 Å². The van der Waals surface area contributed by atoms with Crippen molar-refractivity contribution in [2.45, 2.75) is 0 Å². The summed E-state index contributed by atoms with van der Waals surface area (Å²) in [7, 11) is 1.72. The number of benzene rings is 1. The molecule has 1 aliphatic rings. The largest absolute Gasteiger partial charge is 0.398 e. The molecule has 1 aromatic carbocycles. The number of hydrogen-bond donors (Lipinski definition) is 1. The van der Waals surface area contributed by atoms with E-state index >= 15 is 0 Å². The molecule has 0 bridgehead atoms. The quantitative estimate of drug-likeness (QED) is 0.767. The summed E-state index contributed by atoms with van der Waals surface area (Å²) < 4.78 is 0. The van der Waals surface area contributed by atoms with Gasteiger partial charge >= 0.3 is 0 Å². The zero-order chi connectivity index (χ0) is 13.3. The van der Waals surface area contributed by atoms with Crippen molar-refractivity contribution in [1.82, 2.24) is 9.80 Å². The molecule has 1 heterocycles. The van der Waals surface area contributed by atoms with Crippen LogP contribution < -0.4 is 5.73 Å². The number of nitrogens with two attached hydrogens (primary N) is 1. The summed E-state index contributed by atoms with van der Waals surface area (Å²) in [5.74, 6) is -0.375. The van der Waals surface area contributed by atoms with Crippen molar-refractivity contribution in [2.75, 3.05) is 32.4 Å². The Hall–Kier alpha value is -1.75. The molecule has 0 spiro atoms. The molecule has 0 aromatic heterocycles. The fourth-order valence-corrected chi connectivity index (χ4v) is 2.12. The molecule has 1 aliphatic heterocycles. The third kappa shape index (κ3) is 2.26. The van der Waals surface area contributed by atoms with E-state index in [9.17, 15) is 9.59 Å². The maximum atomic E-state index is 12.3. The van der Waals surface area contributed by atoms with Gasteiger partial charge in [0, 0.05) is 25.8 Å². The van der Waals surface area contributed by atoms with Crippen LogP contribution in [0.25, 0.3) is 0 Å². The van der Waals surface area contributed by atoms with Gasteiger partial charge in [-0.25, -0.2) is 0 Å². The molecule has 1 fully saturated rings. The highest BCUT2D eigenvalue weighted by Gasteiger charge is 2.27. The fraction of sp³-hybridized carbons (Fsp3) is 0.333. The van der Waals surface area contributed by atoms with Gasteiger partial charge in [0.1, 0.15) is 6.54 Å². The van der Waals surface area contributed by atoms with Crippen molar-refractivity contribution in [2.24, 2.45) is 0 Å². The summed E-state index contributed by atoms with van der Waals surface area (Å²) in [5.41, 5.74) is 6.37. The molecule has 18 heavy (non-hydrogen) atoms. The van der Waals surface area contributed by atoms with E-state index in [0.29, 0.717) is 23.8 Å². The van der Waals surface area contributed by atoms with E-state index in [4.69, 9.17) is 17.3 Å². The normalized spacial score (nSPS) is 16.0. The van der Waals surface area contributed by atoms with Gasteiger partial charge in [0.25, 0.3) is 5.91 Å². The number of likely N-dealkylation sites (N-methyl/N-ethyl adjacent to an activating group) is 1.